The third kappa shape index (κ3) is 15.7. The molecule has 4 rings (SSSR count). The van der Waals surface area contributed by atoms with Crippen LogP contribution >= 0.6 is 0 Å². The summed E-state index contributed by atoms with van der Waals surface area (Å²) in [5.41, 5.74) is 1.42. The molecule has 15 nitrogen and oxygen atoms in total. The van der Waals surface area contributed by atoms with Gasteiger partial charge in [0.15, 0.2) is 5.78 Å². The summed E-state index contributed by atoms with van der Waals surface area (Å²) in [5, 5.41) is 23.6. The maximum absolute atomic E-state index is 14.6. The van der Waals surface area contributed by atoms with Crippen LogP contribution in [-0.4, -0.2) is 140 Å². The second kappa shape index (κ2) is 27.3. The highest BCUT2D eigenvalue weighted by molar-refractivity contribution is 6.39. The van der Waals surface area contributed by atoms with Gasteiger partial charge in [0.1, 0.15) is 30.5 Å². The minimum atomic E-state index is -2.41. The number of ketones is 2. The predicted molar refractivity (Wildman–Crippen MR) is 260 cm³/mol. The molecule has 4 aliphatic rings. The summed E-state index contributed by atoms with van der Waals surface area (Å²) >= 11 is 0. The molecule has 15 heteroatoms. The summed E-state index contributed by atoms with van der Waals surface area (Å²) in [6, 6.07) is -1.09. The molecule has 2 N–H and O–H groups in total. The van der Waals surface area contributed by atoms with Crippen LogP contribution in [-0.2, 0) is 57.1 Å². The monoisotopic (exact) mass is 972 g/mol. The van der Waals surface area contributed by atoms with Gasteiger partial charge in [0.05, 0.1) is 24.4 Å². The van der Waals surface area contributed by atoms with Gasteiger partial charge in [-0.05, 0) is 107 Å². The van der Waals surface area contributed by atoms with E-state index in [0.29, 0.717) is 63.4 Å². The molecule has 0 unspecified atom stereocenters. The first-order valence-corrected chi connectivity index (χ1v) is 25.3. The zero-order chi connectivity index (χ0) is 51.2. The Morgan fingerprint density at radius 1 is 0.826 bits per heavy atom. The zero-order valence-electron chi connectivity index (χ0n) is 43.6. The van der Waals surface area contributed by atoms with Gasteiger partial charge in [-0.25, -0.2) is 4.79 Å². The molecule has 3 fully saturated rings. The number of fused-ring (bicyclic) bond motifs is 3. The Kier molecular flexibility index (Phi) is 23.0. The molecule has 3 aliphatic heterocycles. The van der Waals surface area contributed by atoms with Crippen LogP contribution in [0.2, 0.25) is 0 Å². The maximum atomic E-state index is 14.6. The minimum absolute atomic E-state index is 0.0387. The average Bonchev–Trinajstić information content (AvgIpc) is 3.32. The number of rotatable bonds is 8. The molecule has 69 heavy (non-hydrogen) atoms. The van der Waals surface area contributed by atoms with Crippen LogP contribution in [0.1, 0.15) is 132 Å². The van der Waals surface area contributed by atoms with E-state index >= 15 is 0 Å². The van der Waals surface area contributed by atoms with Gasteiger partial charge >= 0.3 is 11.9 Å². The second-order valence-corrected chi connectivity index (χ2v) is 20.6. The van der Waals surface area contributed by atoms with Crippen molar-refractivity contribution in [1.29, 1.82) is 0 Å². The highest BCUT2D eigenvalue weighted by Gasteiger charge is 2.53. The standard InChI is InChI=1S/C54H85NO14/c1-32-18-14-13-15-19-33(2)44(63-9)30-41-23-21-38(7)54(62,69-41)51(59)52(60)55-25-17-16-20-42(55)53(61)68-46(35(4)28-40-22-24-43(67-39(8)56)47(29-40)65-11)31-45(64-10)34(3)27-37(6)49(58)50(66-12)48(57)36(5)26-32/h13-15,18-19,27,32,34-36,38,40-47,49-50,58,62H,16-17,20-26,28-31H2,1-12H3/b15-13+,18-14+,33-19+,37-27+/t32-,34-,35-,36-,38-,40+,41+,42+,43-,44+,45-,46+,47-,49-,50+,54-/m1/s1. The fourth-order valence-corrected chi connectivity index (χ4v) is 10.9. The number of ether oxygens (including phenoxy) is 7. The van der Waals surface area contributed by atoms with Gasteiger partial charge < -0.3 is 48.3 Å². The van der Waals surface area contributed by atoms with Crippen molar-refractivity contribution in [3.05, 3.63) is 47.6 Å². The fourth-order valence-electron chi connectivity index (χ4n) is 10.9. The van der Waals surface area contributed by atoms with Crippen molar-refractivity contribution in [2.75, 3.05) is 35.0 Å². The normalized spacial score (nSPS) is 39.7. The molecule has 390 valence electrons. The Hall–Kier alpha value is -3.57. The van der Waals surface area contributed by atoms with E-state index in [1.54, 1.807) is 35.2 Å². The van der Waals surface area contributed by atoms with E-state index in [0.717, 1.165) is 12.0 Å². The van der Waals surface area contributed by atoms with Gasteiger partial charge in [-0.2, -0.15) is 0 Å². The van der Waals surface area contributed by atoms with Gasteiger partial charge in [-0.3, -0.25) is 19.2 Å². The Morgan fingerprint density at radius 3 is 2.19 bits per heavy atom. The number of hydrogen-bond donors (Lipinski definition) is 2. The molecule has 0 aromatic heterocycles. The van der Waals surface area contributed by atoms with Crippen molar-refractivity contribution in [3.8, 4) is 0 Å². The third-order valence-electron chi connectivity index (χ3n) is 15.2. The predicted octanol–water partition coefficient (Wildman–Crippen LogP) is 7.20. The number of esters is 2. The molecule has 1 aliphatic carbocycles. The molecule has 2 saturated heterocycles. The Morgan fingerprint density at radius 2 is 1.54 bits per heavy atom. The minimum Gasteiger partial charge on any atom is -0.460 e. The molecule has 0 radical (unpaired) electrons. The van der Waals surface area contributed by atoms with E-state index in [-0.39, 0.29) is 67.0 Å². The number of methoxy groups -OCH3 is 4. The lowest BCUT2D eigenvalue weighted by molar-refractivity contribution is -0.265. The van der Waals surface area contributed by atoms with Crippen molar-refractivity contribution in [3.63, 3.8) is 0 Å². The van der Waals surface area contributed by atoms with Crippen LogP contribution in [0.3, 0.4) is 0 Å². The molecule has 0 aromatic rings. The highest BCUT2D eigenvalue weighted by Crippen LogP contribution is 2.38. The number of nitrogens with zero attached hydrogens (tertiary/aromatic N) is 1. The van der Waals surface area contributed by atoms with E-state index in [9.17, 15) is 34.2 Å². The average molecular weight is 972 g/mol. The van der Waals surface area contributed by atoms with E-state index in [2.05, 4.69) is 0 Å². The number of carbonyl (C=O) groups is 5. The third-order valence-corrected chi connectivity index (χ3v) is 15.2. The molecule has 1 amide bonds. The molecule has 2 bridgehead atoms. The van der Waals surface area contributed by atoms with Crippen LogP contribution in [0, 0.1) is 35.5 Å². The Labute approximate surface area is 411 Å². The van der Waals surface area contributed by atoms with Gasteiger partial charge in [0.2, 0.25) is 5.79 Å². The van der Waals surface area contributed by atoms with Crippen molar-refractivity contribution < 1.29 is 67.3 Å². The summed E-state index contributed by atoms with van der Waals surface area (Å²) in [6.45, 7) is 14.7. The van der Waals surface area contributed by atoms with E-state index < -0.39 is 77.9 Å². The topological polar surface area (TPSA) is 194 Å². The number of aliphatic hydroxyl groups is 2. The molecule has 3 heterocycles. The summed E-state index contributed by atoms with van der Waals surface area (Å²) in [6.07, 6.45) is 12.4. The SMILES string of the molecule is CO[C@H]1C[C@@H]2CC[C@@H](C)[C@@](O)(O2)C(=O)C(=O)N2CCCC[C@H]2C(=O)O[C@H]([C@H](C)C[C@@H]2CC[C@@H](OC(C)=O)[C@H](OC)C2)C[C@@H](OC)[C@H](C)/C=C(\C)[C@@H](O)[C@@H](OC)C(=O)[C@H](C)C[C@H](C)/C=C/C=C/C=C/1C. The van der Waals surface area contributed by atoms with E-state index in [4.69, 9.17) is 33.2 Å². The molecular formula is C54H85NO14. The van der Waals surface area contributed by atoms with Gasteiger partial charge in [-0.15, -0.1) is 0 Å². The molecule has 0 spiro atoms. The molecule has 0 aromatic carbocycles. The number of Topliss-reactive ketones (excluding diaryl/α,β-unsaturated/α-hetero) is 2. The lowest BCUT2D eigenvalue weighted by Crippen LogP contribution is -2.61. The van der Waals surface area contributed by atoms with Crippen LogP contribution < -0.4 is 0 Å². The summed E-state index contributed by atoms with van der Waals surface area (Å²) in [5.74, 6) is -7.22. The number of aliphatic hydroxyl groups excluding tert-OH is 1. The maximum Gasteiger partial charge on any atom is 0.329 e. The largest absolute Gasteiger partial charge is 0.460 e. The number of amides is 1. The van der Waals surface area contributed by atoms with E-state index in [1.165, 1.54) is 18.9 Å². The summed E-state index contributed by atoms with van der Waals surface area (Å²) in [4.78, 5) is 70.2. The van der Waals surface area contributed by atoms with Crippen molar-refractivity contribution in [2.24, 2.45) is 35.5 Å². The van der Waals surface area contributed by atoms with Crippen molar-refractivity contribution >= 4 is 29.4 Å². The zero-order valence-corrected chi connectivity index (χ0v) is 43.6. The molecular weight excluding hydrogens is 887 g/mol. The lowest BCUT2D eigenvalue weighted by atomic mass is 9.78. The van der Waals surface area contributed by atoms with Crippen molar-refractivity contribution in [1.82, 2.24) is 4.90 Å². The van der Waals surface area contributed by atoms with E-state index in [1.807, 2.05) is 71.1 Å². The molecule has 1 saturated carbocycles. The first kappa shape index (κ1) is 58.0. The second-order valence-electron chi connectivity index (χ2n) is 20.6. The quantitative estimate of drug-likeness (QED) is 0.141. The first-order valence-electron chi connectivity index (χ1n) is 25.3. The lowest BCUT2D eigenvalue weighted by Gasteiger charge is -2.43. The van der Waals surface area contributed by atoms with Gasteiger partial charge in [-0.1, -0.05) is 71.1 Å². The van der Waals surface area contributed by atoms with Crippen LogP contribution in [0.4, 0.5) is 0 Å². The number of allylic oxidation sites excluding steroid dienone is 5. The van der Waals surface area contributed by atoms with Crippen molar-refractivity contribution in [2.45, 2.75) is 193 Å². The van der Waals surface area contributed by atoms with Crippen LogP contribution in [0.25, 0.3) is 0 Å². The first-order chi connectivity index (χ1) is 32.7. The summed E-state index contributed by atoms with van der Waals surface area (Å²) < 4.78 is 41.7. The Bertz CT molecular complexity index is 1840. The van der Waals surface area contributed by atoms with Crippen LogP contribution in [0.15, 0.2) is 47.6 Å². The fraction of sp³-hybridized carbons (Fsp3) is 0.759. The van der Waals surface area contributed by atoms with Crippen LogP contribution in [0.5, 0.6) is 0 Å². The number of cyclic esters (lactones) is 1. The highest BCUT2D eigenvalue weighted by atomic mass is 16.6. The molecule has 16 atom stereocenters. The Balaban J connectivity index is 1.72. The number of hydrogen-bond acceptors (Lipinski definition) is 14. The summed E-state index contributed by atoms with van der Waals surface area (Å²) in [7, 11) is 6.19. The van der Waals surface area contributed by atoms with Gasteiger partial charge in [0.25, 0.3) is 11.7 Å². The smallest absolute Gasteiger partial charge is 0.329 e. The number of piperidine rings is 1. The number of carbonyl (C=O) groups excluding carboxylic acids is 5. The van der Waals surface area contributed by atoms with Gasteiger partial charge in [0, 0.05) is 72.5 Å².